The summed E-state index contributed by atoms with van der Waals surface area (Å²) < 4.78 is 0. The molecule has 1 aromatic heterocycles. The van der Waals surface area contributed by atoms with Crippen LogP contribution in [0.5, 0.6) is 0 Å². The maximum atomic E-state index is 13.0. The van der Waals surface area contributed by atoms with Crippen LogP contribution in [0.3, 0.4) is 0 Å². The number of nitrogens with zero attached hydrogens (tertiary/aromatic N) is 3. The highest BCUT2D eigenvalue weighted by molar-refractivity contribution is 5.97. The Morgan fingerprint density at radius 1 is 1.03 bits per heavy atom. The molecule has 0 bridgehead atoms. The third kappa shape index (κ3) is 4.48. The third-order valence-electron chi connectivity index (χ3n) is 4.93. The predicted molar refractivity (Wildman–Crippen MR) is 110 cm³/mol. The predicted octanol–water partition coefficient (Wildman–Crippen LogP) is 2.85. The average Bonchev–Trinajstić information content (AvgIpc) is 2.92. The molecule has 6 heteroatoms. The lowest BCUT2D eigenvalue weighted by Crippen LogP contribution is -2.40. The number of fused-ring (bicyclic) bond motifs is 1. The van der Waals surface area contributed by atoms with Crippen LogP contribution < -0.4 is 5.32 Å². The second-order valence-electron chi connectivity index (χ2n) is 7.01. The number of benzene rings is 2. The lowest BCUT2D eigenvalue weighted by molar-refractivity contribution is -0.122. The number of amides is 2. The minimum atomic E-state index is -0.188. The van der Waals surface area contributed by atoms with Gasteiger partial charge in [-0.1, -0.05) is 60.7 Å². The van der Waals surface area contributed by atoms with E-state index in [1.807, 2.05) is 60.7 Å². The normalized spacial score (nSPS) is 13.5. The Labute approximate surface area is 169 Å². The fourth-order valence-corrected chi connectivity index (χ4v) is 3.40. The van der Waals surface area contributed by atoms with Gasteiger partial charge in [-0.25, -0.2) is 9.97 Å². The minimum Gasteiger partial charge on any atom is -0.350 e. The van der Waals surface area contributed by atoms with Gasteiger partial charge in [-0.15, -0.1) is 0 Å². The van der Waals surface area contributed by atoms with Gasteiger partial charge in [0.15, 0.2) is 5.82 Å². The topological polar surface area (TPSA) is 75.2 Å². The Morgan fingerprint density at radius 2 is 1.76 bits per heavy atom. The number of aryl methyl sites for hydroxylation is 1. The van der Waals surface area contributed by atoms with Crippen LogP contribution in [0, 0.1) is 0 Å². The van der Waals surface area contributed by atoms with E-state index in [0.717, 1.165) is 23.2 Å². The maximum Gasteiger partial charge on any atom is 0.257 e. The van der Waals surface area contributed by atoms with Crippen LogP contribution in [0.25, 0.3) is 11.4 Å². The first-order chi connectivity index (χ1) is 14.2. The van der Waals surface area contributed by atoms with Crippen molar-refractivity contribution in [1.29, 1.82) is 0 Å². The molecule has 4 rings (SSSR count). The molecule has 0 saturated heterocycles. The molecule has 0 radical (unpaired) electrons. The molecule has 6 nitrogen and oxygen atoms in total. The van der Waals surface area contributed by atoms with Crippen LogP contribution in [0.15, 0.2) is 66.9 Å². The summed E-state index contributed by atoms with van der Waals surface area (Å²) in [5.74, 6) is 0.255. The van der Waals surface area contributed by atoms with E-state index in [9.17, 15) is 9.59 Å². The summed E-state index contributed by atoms with van der Waals surface area (Å²) in [5.41, 5.74) is 3.17. The van der Waals surface area contributed by atoms with Crippen molar-refractivity contribution < 1.29 is 9.59 Å². The minimum absolute atomic E-state index is 0.0333. The van der Waals surface area contributed by atoms with Gasteiger partial charge in [0.05, 0.1) is 17.8 Å². The molecule has 3 aromatic rings. The van der Waals surface area contributed by atoms with Gasteiger partial charge in [-0.3, -0.25) is 9.59 Å². The van der Waals surface area contributed by atoms with Gasteiger partial charge in [0.25, 0.3) is 5.91 Å². The van der Waals surface area contributed by atoms with Crippen molar-refractivity contribution in [3.8, 4) is 11.4 Å². The second-order valence-corrected chi connectivity index (χ2v) is 7.01. The van der Waals surface area contributed by atoms with Crippen LogP contribution in [-0.4, -0.2) is 39.8 Å². The SMILES string of the molecule is O=C(CN1CCCc2nc(-c3ccccc3)ncc2C1=O)NCc1ccccc1. The van der Waals surface area contributed by atoms with Gasteiger partial charge in [0, 0.05) is 24.8 Å². The van der Waals surface area contributed by atoms with Crippen molar-refractivity contribution in [2.24, 2.45) is 0 Å². The first-order valence-corrected chi connectivity index (χ1v) is 9.72. The molecule has 1 N–H and O–H groups in total. The van der Waals surface area contributed by atoms with E-state index in [-0.39, 0.29) is 18.4 Å². The van der Waals surface area contributed by atoms with Crippen LogP contribution in [-0.2, 0) is 17.8 Å². The Hall–Kier alpha value is -3.54. The molecule has 2 aromatic carbocycles. The van der Waals surface area contributed by atoms with Crippen molar-refractivity contribution in [2.75, 3.05) is 13.1 Å². The molecule has 29 heavy (non-hydrogen) atoms. The fourth-order valence-electron chi connectivity index (χ4n) is 3.40. The molecule has 0 unspecified atom stereocenters. The Balaban J connectivity index is 1.45. The number of aromatic nitrogens is 2. The zero-order chi connectivity index (χ0) is 20.1. The van der Waals surface area contributed by atoms with Gasteiger partial charge in [0.2, 0.25) is 5.91 Å². The third-order valence-corrected chi connectivity index (χ3v) is 4.93. The van der Waals surface area contributed by atoms with Crippen LogP contribution in [0.2, 0.25) is 0 Å². The van der Waals surface area contributed by atoms with Crippen molar-refractivity contribution in [3.63, 3.8) is 0 Å². The van der Waals surface area contributed by atoms with Crippen LogP contribution >= 0.6 is 0 Å². The van der Waals surface area contributed by atoms with Crippen molar-refractivity contribution in [3.05, 3.63) is 83.7 Å². The van der Waals surface area contributed by atoms with E-state index in [0.29, 0.717) is 30.9 Å². The molecular weight excluding hydrogens is 364 g/mol. The smallest absolute Gasteiger partial charge is 0.257 e. The Kier molecular flexibility index (Phi) is 5.61. The van der Waals surface area contributed by atoms with E-state index >= 15 is 0 Å². The summed E-state index contributed by atoms with van der Waals surface area (Å²) in [5, 5.41) is 2.88. The standard InChI is InChI=1S/C23H22N4O2/c28-21(24-14-17-8-3-1-4-9-17)16-27-13-7-12-20-19(23(27)29)15-25-22(26-20)18-10-5-2-6-11-18/h1-6,8-11,15H,7,12-14,16H2,(H,24,28). The molecule has 0 saturated carbocycles. The number of hydrogen-bond acceptors (Lipinski definition) is 4. The van der Waals surface area contributed by atoms with Gasteiger partial charge in [0.1, 0.15) is 0 Å². The quantitative estimate of drug-likeness (QED) is 0.732. The summed E-state index contributed by atoms with van der Waals surface area (Å²) in [6.07, 6.45) is 3.04. The zero-order valence-corrected chi connectivity index (χ0v) is 16.0. The number of carbonyl (C=O) groups excluding carboxylic acids is 2. The molecule has 2 heterocycles. The van der Waals surface area contributed by atoms with E-state index in [1.54, 1.807) is 11.1 Å². The Morgan fingerprint density at radius 3 is 2.52 bits per heavy atom. The van der Waals surface area contributed by atoms with Gasteiger partial charge in [-0.05, 0) is 18.4 Å². The first-order valence-electron chi connectivity index (χ1n) is 9.72. The maximum absolute atomic E-state index is 13.0. The highest BCUT2D eigenvalue weighted by atomic mass is 16.2. The highest BCUT2D eigenvalue weighted by Crippen LogP contribution is 2.20. The molecule has 1 aliphatic rings. The molecule has 0 fully saturated rings. The monoisotopic (exact) mass is 386 g/mol. The van der Waals surface area contributed by atoms with Crippen LogP contribution in [0.1, 0.15) is 28.0 Å². The van der Waals surface area contributed by atoms with E-state index in [4.69, 9.17) is 0 Å². The summed E-state index contributed by atoms with van der Waals surface area (Å²) in [6, 6.07) is 19.4. The molecule has 2 amide bonds. The van der Waals surface area contributed by atoms with Crippen LogP contribution in [0.4, 0.5) is 0 Å². The Bertz CT molecular complexity index is 1010. The molecule has 0 spiro atoms. The van der Waals surface area contributed by atoms with Gasteiger partial charge in [-0.2, -0.15) is 0 Å². The molecule has 0 aliphatic carbocycles. The molecule has 146 valence electrons. The van der Waals surface area contributed by atoms with Crippen molar-refractivity contribution in [1.82, 2.24) is 20.2 Å². The largest absolute Gasteiger partial charge is 0.350 e. The summed E-state index contributed by atoms with van der Waals surface area (Å²) >= 11 is 0. The van der Waals surface area contributed by atoms with Crippen molar-refractivity contribution >= 4 is 11.8 Å². The molecule has 1 aliphatic heterocycles. The zero-order valence-electron chi connectivity index (χ0n) is 16.0. The number of nitrogens with one attached hydrogen (secondary N) is 1. The van der Waals surface area contributed by atoms with E-state index in [2.05, 4.69) is 15.3 Å². The molecular formula is C23H22N4O2. The first kappa shape index (κ1) is 18.8. The second kappa shape index (κ2) is 8.65. The number of hydrogen-bond donors (Lipinski definition) is 1. The summed E-state index contributed by atoms with van der Waals surface area (Å²) in [6.45, 7) is 1.00. The van der Waals surface area contributed by atoms with E-state index in [1.165, 1.54) is 0 Å². The number of carbonyl (C=O) groups is 2. The summed E-state index contributed by atoms with van der Waals surface area (Å²) in [7, 11) is 0. The average molecular weight is 386 g/mol. The lowest BCUT2D eigenvalue weighted by atomic mass is 10.1. The highest BCUT2D eigenvalue weighted by Gasteiger charge is 2.25. The fraction of sp³-hybridized carbons (Fsp3) is 0.217. The molecule has 0 atom stereocenters. The van der Waals surface area contributed by atoms with Gasteiger partial charge < -0.3 is 10.2 Å². The van der Waals surface area contributed by atoms with E-state index < -0.39 is 0 Å². The van der Waals surface area contributed by atoms with Gasteiger partial charge >= 0.3 is 0 Å². The lowest BCUT2D eigenvalue weighted by Gasteiger charge is -2.20. The summed E-state index contributed by atoms with van der Waals surface area (Å²) in [4.78, 5) is 35.9. The number of rotatable bonds is 5. The van der Waals surface area contributed by atoms with Crippen molar-refractivity contribution in [2.45, 2.75) is 19.4 Å².